The van der Waals surface area contributed by atoms with Gasteiger partial charge in [0.05, 0.1) is 12.1 Å². The summed E-state index contributed by atoms with van der Waals surface area (Å²) < 4.78 is 18.1. The monoisotopic (exact) mass is 300 g/mol. The maximum Gasteiger partial charge on any atom is 0.360 e. The number of carbonyl (C=O) groups is 1. The van der Waals surface area contributed by atoms with E-state index >= 15 is 0 Å². The van der Waals surface area contributed by atoms with Crippen molar-refractivity contribution in [1.82, 2.24) is 4.98 Å². The molecule has 1 heterocycles. The van der Waals surface area contributed by atoms with Gasteiger partial charge in [0.25, 0.3) is 0 Å². The second kappa shape index (κ2) is 5.99. The summed E-state index contributed by atoms with van der Waals surface area (Å²) in [5.74, 6) is -0.981. The van der Waals surface area contributed by atoms with Gasteiger partial charge in [-0.25, -0.2) is 14.2 Å². The lowest BCUT2D eigenvalue weighted by atomic mass is 10.3. The first kappa shape index (κ1) is 13.8. The maximum atomic E-state index is 13.2. The van der Waals surface area contributed by atoms with Gasteiger partial charge in [-0.1, -0.05) is 11.6 Å². The lowest BCUT2D eigenvalue weighted by Gasteiger charge is -2.06. The molecule has 0 aliphatic heterocycles. The first-order chi connectivity index (χ1) is 9.10. The largest absolute Gasteiger partial charge is 0.461 e. The Morgan fingerprint density at radius 2 is 2.32 bits per heavy atom. The van der Waals surface area contributed by atoms with Gasteiger partial charge >= 0.3 is 5.97 Å². The van der Waals surface area contributed by atoms with Crippen LogP contribution >= 0.6 is 22.9 Å². The highest BCUT2D eigenvalue weighted by Crippen LogP contribution is 2.27. The number of nitrogens with one attached hydrogen (secondary N) is 1. The highest BCUT2D eigenvalue weighted by atomic mass is 35.5. The fraction of sp³-hybridized carbons (Fsp3) is 0.167. The molecule has 7 heteroatoms. The summed E-state index contributed by atoms with van der Waals surface area (Å²) in [6, 6.07) is 4.03. The van der Waals surface area contributed by atoms with Crippen LogP contribution in [0.4, 0.5) is 15.1 Å². The van der Waals surface area contributed by atoms with E-state index in [0.717, 1.165) is 0 Å². The number of benzene rings is 1. The summed E-state index contributed by atoms with van der Waals surface area (Å²) in [5, 5.41) is 3.66. The van der Waals surface area contributed by atoms with Gasteiger partial charge in [-0.2, -0.15) is 0 Å². The minimum atomic E-state index is -0.520. The Labute approximate surface area is 118 Å². The zero-order valence-corrected chi connectivity index (χ0v) is 11.5. The summed E-state index contributed by atoms with van der Waals surface area (Å²) in [6.07, 6.45) is 0. The van der Waals surface area contributed by atoms with Crippen molar-refractivity contribution < 1.29 is 13.9 Å². The van der Waals surface area contributed by atoms with E-state index in [-0.39, 0.29) is 17.3 Å². The SMILES string of the molecule is CCOC(=O)c1ncsc1Nc1cc(F)cc(Cl)c1. The van der Waals surface area contributed by atoms with Gasteiger partial charge in [-0.05, 0) is 25.1 Å². The van der Waals surface area contributed by atoms with Gasteiger partial charge in [0.2, 0.25) is 0 Å². The predicted octanol–water partition coefficient (Wildman–Crippen LogP) is 3.86. The number of ether oxygens (including phenoxy) is 1. The first-order valence-electron chi connectivity index (χ1n) is 5.44. The number of carbonyl (C=O) groups excluding carboxylic acids is 1. The highest BCUT2D eigenvalue weighted by molar-refractivity contribution is 7.14. The fourth-order valence-corrected chi connectivity index (χ4v) is 2.35. The van der Waals surface area contributed by atoms with Crippen LogP contribution in [-0.4, -0.2) is 17.6 Å². The van der Waals surface area contributed by atoms with Crippen LogP contribution in [0.25, 0.3) is 0 Å². The molecule has 1 aromatic carbocycles. The number of rotatable bonds is 4. The van der Waals surface area contributed by atoms with E-state index in [9.17, 15) is 9.18 Å². The predicted molar refractivity (Wildman–Crippen MR) is 72.8 cm³/mol. The summed E-state index contributed by atoms with van der Waals surface area (Å²) in [4.78, 5) is 15.6. The molecular formula is C12H10ClFN2O2S. The third-order valence-electron chi connectivity index (χ3n) is 2.16. The molecule has 0 atom stereocenters. The van der Waals surface area contributed by atoms with E-state index in [0.29, 0.717) is 10.7 Å². The van der Waals surface area contributed by atoms with Crippen LogP contribution in [0.1, 0.15) is 17.4 Å². The highest BCUT2D eigenvalue weighted by Gasteiger charge is 2.16. The van der Waals surface area contributed by atoms with Gasteiger partial charge in [0, 0.05) is 10.7 Å². The third kappa shape index (κ3) is 3.42. The van der Waals surface area contributed by atoms with Crippen molar-refractivity contribution in [2.45, 2.75) is 6.92 Å². The molecule has 2 aromatic rings. The van der Waals surface area contributed by atoms with Crippen molar-refractivity contribution in [1.29, 1.82) is 0 Å². The Hall–Kier alpha value is -1.66. The molecule has 0 amide bonds. The summed E-state index contributed by atoms with van der Waals surface area (Å²) in [7, 11) is 0. The van der Waals surface area contributed by atoms with Crippen LogP contribution in [-0.2, 0) is 4.74 Å². The lowest BCUT2D eigenvalue weighted by molar-refractivity contribution is 0.0521. The molecule has 0 saturated carbocycles. The van der Waals surface area contributed by atoms with Gasteiger partial charge in [-0.15, -0.1) is 11.3 Å². The number of aromatic nitrogens is 1. The molecule has 1 aromatic heterocycles. The molecule has 0 spiro atoms. The number of hydrogen-bond donors (Lipinski definition) is 1. The third-order valence-corrected chi connectivity index (χ3v) is 3.12. The summed E-state index contributed by atoms with van der Waals surface area (Å²) in [6.45, 7) is 1.98. The van der Waals surface area contributed by atoms with E-state index < -0.39 is 11.8 Å². The first-order valence-corrected chi connectivity index (χ1v) is 6.69. The van der Waals surface area contributed by atoms with Gasteiger partial charge in [0.15, 0.2) is 5.69 Å². The van der Waals surface area contributed by atoms with E-state index in [2.05, 4.69) is 10.3 Å². The van der Waals surface area contributed by atoms with E-state index in [1.54, 1.807) is 13.0 Å². The average molecular weight is 301 g/mol. The number of nitrogens with zero attached hydrogens (tertiary/aromatic N) is 1. The van der Waals surface area contributed by atoms with Gasteiger partial charge in [0.1, 0.15) is 10.8 Å². The number of anilines is 2. The standard InChI is InChI=1S/C12H10ClFN2O2S/c1-2-18-12(17)10-11(19-6-15-10)16-9-4-7(13)3-8(14)5-9/h3-6,16H,2H2,1H3. The molecule has 0 fully saturated rings. The second-order valence-electron chi connectivity index (χ2n) is 3.53. The van der Waals surface area contributed by atoms with E-state index in [4.69, 9.17) is 16.3 Å². The molecular weight excluding hydrogens is 291 g/mol. The van der Waals surface area contributed by atoms with Crippen molar-refractivity contribution >= 4 is 39.6 Å². The van der Waals surface area contributed by atoms with Crippen molar-refractivity contribution in [2.24, 2.45) is 0 Å². The van der Waals surface area contributed by atoms with E-state index in [1.165, 1.54) is 29.0 Å². The smallest absolute Gasteiger partial charge is 0.360 e. The quantitative estimate of drug-likeness (QED) is 0.871. The van der Waals surface area contributed by atoms with Crippen LogP contribution in [0.2, 0.25) is 5.02 Å². The number of thiazole rings is 1. The van der Waals surface area contributed by atoms with Crippen molar-refractivity contribution in [2.75, 3.05) is 11.9 Å². The fourth-order valence-electron chi connectivity index (χ4n) is 1.44. The van der Waals surface area contributed by atoms with Crippen LogP contribution < -0.4 is 5.32 Å². The van der Waals surface area contributed by atoms with Crippen LogP contribution in [0.15, 0.2) is 23.7 Å². The molecule has 0 unspecified atom stereocenters. The zero-order chi connectivity index (χ0) is 13.8. The molecule has 100 valence electrons. The summed E-state index contributed by atoms with van der Waals surface area (Å²) in [5.41, 5.74) is 2.13. The van der Waals surface area contributed by atoms with Crippen molar-refractivity contribution in [3.63, 3.8) is 0 Å². The lowest BCUT2D eigenvalue weighted by Crippen LogP contribution is -2.07. The normalized spacial score (nSPS) is 10.3. The molecule has 19 heavy (non-hydrogen) atoms. The number of esters is 1. The van der Waals surface area contributed by atoms with Crippen molar-refractivity contribution in [3.8, 4) is 0 Å². The zero-order valence-electron chi connectivity index (χ0n) is 9.94. The second-order valence-corrected chi connectivity index (χ2v) is 4.82. The molecule has 4 nitrogen and oxygen atoms in total. The van der Waals surface area contributed by atoms with Gasteiger partial charge in [-0.3, -0.25) is 0 Å². The summed E-state index contributed by atoms with van der Waals surface area (Å²) >= 11 is 6.98. The average Bonchev–Trinajstić information content (AvgIpc) is 2.76. The van der Waals surface area contributed by atoms with Crippen LogP contribution in [0, 0.1) is 5.82 Å². The molecule has 0 aliphatic carbocycles. The molecule has 0 bridgehead atoms. The Bertz CT molecular complexity index is 583. The minimum absolute atomic E-state index is 0.173. The van der Waals surface area contributed by atoms with E-state index in [1.807, 2.05) is 0 Å². The molecule has 0 saturated heterocycles. The Morgan fingerprint density at radius 1 is 1.53 bits per heavy atom. The van der Waals surface area contributed by atoms with Crippen molar-refractivity contribution in [3.05, 3.63) is 40.2 Å². The van der Waals surface area contributed by atoms with Crippen LogP contribution in [0.5, 0.6) is 0 Å². The molecule has 2 rings (SSSR count). The Morgan fingerprint density at radius 3 is 3.00 bits per heavy atom. The Kier molecular flexibility index (Phi) is 4.34. The molecule has 0 radical (unpaired) electrons. The van der Waals surface area contributed by atoms with Gasteiger partial charge < -0.3 is 10.1 Å². The molecule has 1 N–H and O–H groups in total. The minimum Gasteiger partial charge on any atom is -0.461 e. The Balaban J connectivity index is 2.24. The maximum absolute atomic E-state index is 13.2. The number of hydrogen-bond acceptors (Lipinski definition) is 5. The molecule has 0 aliphatic rings. The van der Waals surface area contributed by atoms with Crippen LogP contribution in [0.3, 0.4) is 0 Å². The number of halogens is 2. The topological polar surface area (TPSA) is 51.2 Å².